The van der Waals surface area contributed by atoms with E-state index < -0.39 is 0 Å². The lowest BCUT2D eigenvalue weighted by atomic mass is 10.1. The van der Waals surface area contributed by atoms with Gasteiger partial charge in [-0.15, -0.1) is 0 Å². The van der Waals surface area contributed by atoms with Crippen molar-refractivity contribution >= 4 is 28.5 Å². The molecule has 1 aromatic heterocycles. The molecule has 0 unspecified atom stereocenters. The van der Waals surface area contributed by atoms with E-state index in [0.29, 0.717) is 0 Å². The van der Waals surface area contributed by atoms with Crippen LogP contribution in [0.3, 0.4) is 0 Å². The number of para-hydroxylation sites is 1. The van der Waals surface area contributed by atoms with Crippen molar-refractivity contribution in [3.8, 4) is 0 Å². The van der Waals surface area contributed by atoms with Crippen molar-refractivity contribution in [1.29, 1.82) is 0 Å². The van der Waals surface area contributed by atoms with Gasteiger partial charge < -0.3 is 5.32 Å². The zero-order valence-electron chi connectivity index (χ0n) is 11.1. The molecule has 2 aromatic rings. The van der Waals surface area contributed by atoms with Gasteiger partial charge in [-0.05, 0) is 24.3 Å². The van der Waals surface area contributed by atoms with Crippen LogP contribution in [-0.2, 0) is 5.75 Å². The number of benzene rings is 1. The Morgan fingerprint density at radius 2 is 2.11 bits per heavy atom. The Hall–Kier alpha value is -1.22. The number of fused-ring (bicyclic) bond motifs is 1. The summed E-state index contributed by atoms with van der Waals surface area (Å²) >= 11 is 1.99. The molecule has 1 N–H and O–H groups in total. The first-order valence-electron chi connectivity index (χ1n) is 6.49. The molecule has 0 saturated heterocycles. The van der Waals surface area contributed by atoms with Gasteiger partial charge in [-0.3, -0.25) is 0 Å². The van der Waals surface area contributed by atoms with E-state index in [1.807, 2.05) is 24.9 Å². The van der Waals surface area contributed by atoms with Crippen molar-refractivity contribution in [3.05, 3.63) is 35.9 Å². The molecule has 0 bridgehead atoms. The zero-order chi connectivity index (χ0) is 12.8. The molecule has 0 atom stereocenters. The lowest BCUT2D eigenvalue weighted by Crippen LogP contribution is -1.98. The molecule has 1 aromatic carbocycles. The van der Waals surface area contributed by atoms with E-state index in [-0.39, 0.29) is 0 Å². The molecule has 0 spiro atoms. The van der Waals surface area contributed by atoms with E-state index in [1.165, 1.54) is 29.5 Å². The average molecular weight is 260 g/mol. The summed E-state index contributed by atoms with van der Waals surface area (Å²) < 4.78 is 0. The second kappa shape index (κ2) is 6.64. The SMILES string of the molecule is CCCCSCc1cc2ccccc2nc1NC. The second-order valence-corrected chi connectivity index (χ2v) is 5.45. The minimum Gasteiger partial charge on any atom is -0.373 e. The Morgan fingerprint density at radius 3 is 2.89 bits per heavy atom. The topological polar surface area (TPSA) is 24.9 Å². The van der Waals surface area contributed by atoms with Crippen molar-refractivity contribution in [1.82, 2.24) is 4.98 Å². The van der Waals surface area contributed by atoms with Gasteiger partial charge in [0.25, 0.3) is 0 Å². The third-order valence-corrected chi connectivity index (χ3v) is 4.03. The maximum absolute atomic E-state index is 4.67. The first-order chi connectivity index (χ1) is 8.85. The number of rotatable bonds is 6. The maximum atomic E-state index is 4.67. The molecule has 0 radical (unpaired) electrons. The zero-order valence-corrected chi connectivity index (χ0v) is 11.9. The van der Waals surface area contributed by atoms with Crippen LogP contribution in [0.25, 0.3) is 10.9 Å². The Labute approximate surface area is 113 Å². The van der Waals surface area contributed by atoms with E-state index >= 15 is 0 Å². The minimum absolute atomic E-state index is 1.01. The van der Waals surface area contributed by atoms with Crippen molar-refractivity contribution < 1.29 is 0 Å². The molecule has 96 valence electrons. The number of hydrogen-bond donors (Lipinski definition) is 1. The first kappa shape index (κ1) is 13.2. The number of thioether (sulfide) groups is 1. The van der Waals surface area contributed by atoms with E-state index in [1.54, 1.807) is 0 Å². The van der Waals surface area contributed by atoms with Crippen LogP contribution < -0.4 is 5.32 Å². The Bertz CT molecular complexity index is 511. The normalized spacial score (nSPS) is 10.8. The van der Waals surface area contributed by atoms with E-state index in [4.69, 9.17) is 0 Å². The first-order valence-corrected chi connectivity index (χ1v) is 7.64. The van der Waals surface area contributed by atoms with Gasteiger partial charge in [0, 0.05) is 23.8 Å². The molecular formula is C15H20N2S. The van der Waals surface area contributed by atoms with Gasteiger partial charge in [0.05, 0.1) is 5.52 Å². The summed E-state index contributed by atoms with van der Waals surface area (Å²) in [6.07, 6.45) is 2.56. The fourth-order valence-electron chi connectivity index (χ4n) is 1.91. The molecule has 18 heavy (non-hydrogen) atoms. The molecule has 0 fully saturated rings. The molecular weight excluding hydrogens is 240 g/mol. The predicted octanol–water partition coefficient (Wildman–Crippen LogP) is 4.31. The number of pyridine rings is 1. The third-order valence-electron chi connectivity index (χ3n) is 2.94. The molecule has 0 aliphatic rings. The van der Waals surface area contributed by atoms with Gasteiger partial charge in [0.15, 0.2) is 0 Å². The summed E-state index contributed by atoms with van der Waals surface area (Å²) in [7, 11) is 1.94. The highest BCUT2D eigenvalue weighted by molar-refractivity contribution is 7.98. The van der Waals surface area contributed by atoms with Crippen molar-refractivity contribution in [2.24, 2.45) is 0 Å². The number of nitrogens with one attached hydrogen (secondary N) is 1. The largest absolute Gasteiger partial charge is 0.373 e. The Kier molecular flexibility index (Phi) is 4.88. The lowest BCUT2D eigenvalue weighted by molar-refractivity contribution is 0.896. The van der Waals surface area contributed by atoms with Gasteiger partial charge in [0.2, 0.25) is 0 Å². The molecule has 2 nitrogen and oxygen atoms in total. The molecule has 0 aliphatic carbocycles. The summed E-state index contributed by atoms with van der Waals surface area (Å²) in [5, 5.41) is 4.43. The summed E-state index contributed by atoms with van der Waals surface area (Å²) in [6.45, 7) is 2.23. The summed E-state index contributed by atoms with van der Waals surface area (Å²) in [5.74, 6) is 3.28. The number of hydrogen-bond acceptors (Lipinski definition) is 3. The summed E-state index contributed by atoms with van der Waals surface area (Å²) in [6, 6.07) is 10.5. The van der Waals surface area contributed by atoms with E-state index in [0.717, 1.165) is 17.1 Å². The van der Waals surface area contributed by atoms with Crippen LogP contribution in [-0.4, -0.2) is 17.8 Å². The van der Waals surface area contributed by atoms with Crippen LogP contribution in [0.2, 0.25) is 0 Å². The van der Waals surface area contributed by atoms with Gasteiger partial charge >= 0.3 is 0 Å². The highest BCUT2D eigenvalue weighted by Gasteiger charge is 2.05. The maximum Gasteiger partial charge on any atom is 0.130 e. The van der Waals surface area contributed by atoms with Crippen molar-refractivity contribution in [3.63, 3.8) is 0 Å². The molecule has 2 rings (SSSR count). The molecule has 3 heteroatoms. The lowest BCUT2D eigenvalue weighted by Gasteiger charge is -2.09. The van der Waals surface area contributed by atoms with Gasteiger partial charge in [-0.2, -0.15) is 11.8 Å². The van der Waals surface area contributed by atoms with Crippen LogP contribution in [0.5, 0.6) is 0 Å². The Morgan fingerprint density at radius 1 is 1.28 bits per heavy atom. The van der Waals surface area contributed by atoms with Crippen LogP contribution in [0, 0.1) is 0 Å². The van der Waals surface area contributed by atoms with Gasteiger partial charge in [0.1, 0.15) is 5.82 Å². The van der Waals surface area contributed by atoms with E-state index in [9.17, 15) is 0 Å². The number of unbranched alkanes of at least 4 members (excludes halogenated alkanes) is 1. The average Bonchev–Trinajstić information content (AvgIpc) is 2.42. The summed E-state index contributed by atoms with van der Waals surface area (Å²) in [4.78, 5) is 4.67. The monoisotopic (exact) mass is 260 g/mol. The predicted molar refractivity (Wildman–Crippen MR) is 82.4 cm³/mol. The van der Waals surface area contributed by atoms with Crippen LogP contribution in [0.4, 0.5) is 5.82 Å². The smallest absolute Gasteiger partial charge is 0.130 e. The van der Waals surface area contributed by atoms with Crippen molar-refractivity contribution in [2.45, 2.75) is 25.5 Å². The number of aromatic nitrogens is 1. The Balaban J connectivity index is 2.19. The molecule has 1 heterocycles. The fourth-order valence-corrected chi connectivity index (χ4v) is 2.99. The van der Waals surface area contributed by atoms with Gasteiger partial charge in [-0.1, -0.05) is 31.5 Å². The summed E-state index contributed by atoms with van der Waals surface area (Å²) in [5.41, 5.74) is 2.36. The highest BCUT2D eigenvalue weighted by atomic mass is 32.2. The van der Waals surface area contributed by atoms with Crippen molar-refractivity contribution in [2.75, 3.05) is 18.1 Å². The van der Waals surface area contributed by atoms with Crippen LogP contribution >= 0.6 is 11.8 Å². The highest BCUT2D eigenvalue weighted by Crippen LogP contribution is 2.24. The third kappa shape index (κ3) is 3.16. The fraction of sp³-hybridized carbons (Fsp3) is 0.400. The quantitative estimate of drug-likeness (QED) is 0.783. The number of anilines is 1. The standard InChI is InChI=1S/C15H20N2S/c1-3-4-9-18-11-13-10-12-7-5-6-8-14(12)17-15(13)16-2/h5-8,10H,3-4,9,11H2,1-2H3,(H,16,17). The number of nitrogens with zero attached hydrogens (tertiary/aromatic N) is 1. The molecule has 0 amide bonds. The van der Waals surface area contributed by atoms with Crippen LogP contribution in [0.15, 0.2) is 30.3 Å². The van der Waals surface area contributed by atoms with E-state index in [2.05, 4.69) is 41.5 Å². The van der Waals surface area contributed by atoms with Gasteiger partial charge in [-0.25, -0.2) is 4.98 Å². The molecule has 0 aliphatic heterocycles. The van der Waals surface area contributed by atoms with Crippen LogP contribution in [0.1, 0.15) is 25.3 Å². The minimum atomic E-state index is 1.01. The molecule has 0 saturated carbocycles. The second-order valence-electron chi connectivity index (χ2n) is 4.34.